The first-order chi connectivity index (χ1) is 14.3. The van der Waals surface area contributed by atoms with E-state index in [9.17, 15) is 17.6 Å². The molecule has 7 nitrogen and oxygen atoms in total. The van der Waals surface area contributed by atoms with Crippen LogP contribution < -0.4 is 15.8 Å². The third kappa shape index (κ3) is 3.56. The van der Waals surface area contributed by atoms with Gasteiger partial charge in [-0.05, 0) is 31.2 Å². The van der Waals surface area contributed by atoms with Gasteiger partial charge in [-0.2, -0.15) is 23.1 Å². The van der Waals surface area contributed by atoms with Crippen molar-refractivity contribution in [1.29, 1.82) is 0 Å². The summed E-state index contributed by atoms with van der Waals surface area (Å²) in [5, 5.41) is 2.58. The molecule has 2 aromatic carbocycles. The number of hydrogen-bond donors (Lipinski definition) is 2. The number of nitrogens with one attached hydrogen (secondary N) is 1. The Bertz CT molecular complexity index is 1240. The van der Waals surface area contributed by atoms with Gasteiger partial charge in [-0.1, -0.05) is 12.1 Å². The molecule has 0 amide bonds. The van der Waals surface area contributed by atoms with Gasteiger partial charge in [-0.3, -0.25) is 4.57 Å². The molecule has 30 heavy (non-hydrogen) atoms. The van der Waals surface area contributed by atoms with Crippen molar-refractivity contribution in [3.05, 3.63) is 59.9 Å². The molecule has 4 rings (SSSR count). The van der Waals surface area contributed by atoms with Crippen molar-refractivity contribution in [3.63, 3.8) is 0 Å². The number of nitrogens with zero attached hydrogens (tertiary/aromatic N) is 4. The van der Waals surface area contributed by atoms with E-state index >= 15 is 0 Å². The number of fused-ring (bicyclic) bond motifs is 1. The smallest absolute Gasteiger partial charge is 0.387 e. The van der Waals surface area contributed by atoms with Gasteiger partial charge in [0, 0.05) is 11.8 Å². The molecule has 0 spiro atoms. The summed E-state index contributed by atoms with van der Waals surface area (Å²) in [5.41, 5.74) is 7.13. The van der Waals surface area contributed by atoms with E-state index in [1.165, 1.54) is 6.07 Å². The van der Waals surface area contributed by atoms with Crippen LogP contribution in [0.3, 0.4) is 0 Å². The van der Waals surface area contributed by atoms with E-state index in [-0.39, 0.29) is 17.5 Å². The van der Waals surface area contributed by atoms with E-state index in [0.29, 0.717) is 16.9 Å². The van der Waals surface area contributed by atoms with Crippen molar-refractivity contribution in [1.82, 2.24) is 19.5 Å². The lowest BCUT2D eigenvalue weighted by molar-refractivity contribution is -0.0521. The molecule has 0 fully saturated rings. The highest BCUT2D eigenvalue weighted by Crippen LogP contribution is 2.28. The number of hydrogen-bond acceptors (Lipinski definition) is 6. The third-order valence-electron chi connectivity index (χ3n) is 4.20. The number of nitrogen functional groups attached to an aromatic ring is 1. The molecule has 3 N–H and O–H groups in total. The fourth-order valence-corrected chi connectivity index (χ4v) is 2.94. The minimum absolute atomic E-state index is 0.0456. The molecule has 11 heteroatoms. The Balaban J connectivity index is 1.74. The van der Waals surface area contributed by atoms with E-state index in [0.717, 1.165) is 12.1 Å². The lowest BCUT2D eigenvalue weighted by Crippen LogP contribution is -2.11. The Hall–Kier alpha value is -3.89. The van der Waals surface area contributed by atoms with Gasteiger partial charge in [0.2, 0.25) is 11.8 Å². The minimum Gasteiger partial charge on any atom is -0.432 e. The highest BCUT2D eigenvalue weighted by molar-refractivity contribution is 5.77. The minimum atomic E-state index is -3.17. The normalized spacial score (nSPS) is 11.3. The second kappa shape index (κ2) is 7.50. The van der Waals surface area contributed by atoms with Crippen LogP contribution >= 0.6 is 0 Å². The Kier molecular flexibility index (Phi) is 4.86. The number of para-hydroxylation sites is 2. The summed E-state index contributed by atoms with van der Waals surface area (Å²) >= 11 is 0. The van der Waals surface area contributed by atoms with Gasteiger partial charge in [0.25, 0.3) is 0 Å². The van der Waals surface area contributed by atoms with Crippen molar-refractivity contribution in [2.45, 2.75) is 13.5 Å². The molecule has 2 heterocycles. The van der Waals surface area contributed by atoms with Crippen LogP contribution in [0.1, 0.15) is 5.82 Å². The lowest BCUT2D eigenvalue weighted by Gasteiger charge is -2.12. The zero-order valence-electron chi connectivity index (χ0n) is 15.4. The van der Waals surface area contributed by atoms with Crippen molar-refractivity contribution < 1.29 is 22.3 Å². The van der Waals surface area contributed by atoms with Crippen LogP contribution in [0.5, 0.6) is 5.75 Å². The predicted octanol–water partition coefficient (Wildman–Crippen LogP) is 4.33. The average molecular weight is 418 g/mol. The number of alkyl halides is 2. The molecule has 0 atom stereocenters. The number of nitrogens with two attached hydrogens (primary N) is 1. The van der Waals surface area contributed by atoms with Crippen molar-refractivity contribution in [2.24, 2.45) is 0 Å². The summed E-state index contributed by atoms with van der Waals surface area (Å²) in [5.74, 6) is -2.80. The van der Waals surface area contributed by atoms with Crippen LogP contribution in [0.4, 0.5) is 34.9 Å². The first-order valence-electron chi connectivity index (χ1n) is 8.62. The Labute approximate surface area is 167 Å². The number of anilines is 3. The van der Waals surface area contributed by atoms with Crippen LogP contribution in [-0.4, -0.2) is 26.1 Å². The predicted molar refractivity (Wildman–Crippen MR) is 102 cm³/mol. The second-order valence-electron chi connectivity index (χ2n) is 6.20. The maximum atomic E-state index is 14.5. The van der Waals surface area contributed by atoms with Gasteiger partial charge >= 0.3 is 6.61 Å². The zero-order valence-corrected chi connectivity index (χ0v) is 15.4. The highest BCUT2D eigenvalue weighted by atomic mass is 19.3. The number of halogens is 4. The molecule has 0 aliphatic rings. The molecule has 0 saturated heterocycles. The summed E-state index contributed by atoms with van der Waals surface area (Å²) < 4.78 is 58.7. The number of imidazole rings is 1. The van der Waals surface area contributed by atoms with Crippen molar-refractivity contribution in [3.8, 4) is 11.7 Å². The van der Waals surface area contributed by atoms with Gasteiger partial charge in [0.1, 0.15) is 5.82 Å². The molecule has 0 radical (unpaired) electrons. The van der Waals surface area contributed by atoms with Crippen LogP contribution in [0.2, 0.25) is 0 Å². The SMILES string of the molecule is Cc1nc2ccccc2n1-c1nc(N)c(F)c(Nc2ccc(OC(F)F)c(F)c2)n1. The standard InChI is InChI=1S/C19H14F4N6O/c1-9-25-12-4-2-3-5-13(12)29(9)19-27-16(24)15(21)17(28-19)26-10-6-7-14(11(20)8-10)30-18(22)23/h2-8,18H,1H3,(H3,24,26,27,28). The molecule has 2 aromatic heterocycles. The molecule has 0 bridgehead atoms. The van der Waals surface area contributed by atoms with Gasteiger partial charge in [-0.15, -0.1) is 0 Å². The van der Waals surface area contributed by atoms with E-state index in [1.54, 1.807) is 29.7 Å². The van der Waals surface area contributed by atoms with Crippen molar-refractivity contribution >= 4 is 28.4 Å². The van der Waals surface area contributed by atoms with Crippen LogP contribution in [0.25, 0.3) is 17.0 Å². The number of aryl methyl sites for hydroxylation is 1. The fourth-order valence-electron chi connectivity index (χ4n) is 2.94. The average Bonchev–Trinajstić information content (AvgIpc) is 3.03. The molecule has 4 aromatic rings. The lowest BCUT2D eigenvalue weighted by atomic mass is 10.3. The third-order valence-corrected chi connectivity index (χ3v) is 4.20. The summed E-state index contributed by atoms with van der Waals surface area (Å²) in [6.45, 7) is -1.44. The van der Waals surface area contributed by atoms with E-state index < -0.39 is 29.8 Å². The Morgan fingerprint density at radius 2 is 1.83 bits per heavy atom. The molecule has 0 saturated carbocycles. The summed E-state index contributed by atoms with van der Waals surface area (Å²) in [6, 6.07) is 10.3. The molecular weight excluding hydrogens is 404 g/mol. The van der Waals surface area contributed by atoms with Gasteiger partial charge < -0.3 is 15.8 Å². The molecular formula is C19H14F4N6O. The van der Waals surface area contributed by atoms with Crippen molar-refractivity contribution in [2.75, 3.05) is 11.1 Å². The highest BCUT2D eigenvalue weighted by Gasteiger charge is 2.18. The maximum Gasteiger partial charge on any atom is 0.387 e. The molecule has 0 aliphatic carbocycles. The Morgan fingerprint density at radius 1 is 1.07 bits per heavy atom. The topological polar surface area (TPSA) is 90.9 Å². The van der Waals surface area contributed by atoms with Gasteiger partial charge in [0.05, 0.1) is 11.0 Å². The van der Waals surface area contributed by atoms with Gasteiger partial charge in [-0.25, -0.2) is 9.37 Å². The molecule has 154 valence electrons. The first-order valence-corrected chi connectivity index (χ1v) is 8.62. The first kappa shape index (κ1) is 19.4. The maximum absolute atomic E-state index is 14.5. The van der Waals surface area contributed by atoms with E-state index in [4.69, 9.17) is 5.73 Å². The Morgan fingerprint density at radius 3 is 2.57 bits per heavy atom. The zero-order chi connectivity index (χ0) is 21.4. The van der Waals surface area contributed by atoms with E-state index in [1.807, 2.05) is 6.07 Å². The molecule has 0 unspecified atom stereocenters. The summed E-state index contributed by atoms with van der Waals surface area (Å²) in [6.07, 6.45) is 0. The number of rotatable bonds is 5. The number of benzene rings is 2. The fraction of sp³-hybridized carbons (Fsp3) is 0.105. The number of ether oxygens (including phenoxy) is 1. The quantitative estimate of drug-likeness (QED) is 0.469. The number of aromatic nitrogens is 4. The summed E-state index contributed by atoms with van der Waals surface area (Å²) in [4.78, 5) is 12.5. The van der Waals surface area contributed by atoms with Crippen LogP contribution in [-0.2, 0) is 0 Å². The monoisotopic (exact) mass is 418 g/mol. The second-order valence-corrected chi connectivity index (χ2v) is 6.20. The molecule has 0 aliphatic heterocycles. The van der Waals surface area contributed by atoms with Gasteiger partial charge in [0.15, 0.2) is 23.2 Å². The van der Waals surface area contributed by atoms with Crippen LogP contribution in [0.15, 0.2) is 42.5 Å². The largest absolute Gasteiger partial charge is 0.432 e. The summed E-state index contributed by atoms with van der Waals surface area (Å²) in [7, 11) is 0. The van der Waals surface area contributed by atoms with Crippen LogP contribution in [0, 0.1) is 18.6 Å². The van der Waals surface area contributed by atoms with E-state index in [2.05, 4.69) is 25.0 Å².